The van der Waals surface area contributed by atoms with Gasteiger partial charge >= 0.3 is 0 Å². The molecule has 0 aromatic heterocycles. The molecule has 0 spiro atoms. The number of benzene rings is 2. The van der Waals surface area contributed by atoms with E-state index in [1.54, 1.807) is 12.1 Å². The average molecular weight is 389 g/mol. The minimum atomic E-state index is -0.375. The van der Waals surface area contributed by atoms with E-state index in [0.717, 1.165) is 49.2 Å². The van der Waals surface area contributed by atoms with Gasteiger partial charge in [0.25, 0.3) is 11.6 Å². The molecule has 1 fully saturated rings. The van der Waals surface area contributed by atoms with Crippen molar-refractivity contribution in [3.63, 3.8) is 0 Å². The van der Waals surface area contributed by atoms with E-state index in [4.69, 9.17) is 0 Å². The van der Waals surface area contributed by atoms with Gasteiger partial charge in [-0.15, -0.1) is 0 Å². The molecule has 2 heterocycles. The van der Waals surface area contributed by atoms with Gasteiger partial charge in [-0.1, -0.05) is 36.4 Å². The predicted molar refractivity (Wildman–Crippen MR) is 111 cm³/mol. The summed E-state index contributed by atoms with van der Waals surface area (Å²) >= 11 is 0. The van der Waals surface area contributed by atoms with Gasteiger partial charge in [0.15, 0.2) is 0 Å². The lowest BCUT2D eigenvalue weighted by atomic mass is 9.76. The largest absolute Gasteiger partial charge is 0.377 e. The van der Waals surface area contributed by atoms with Crippen LogP contribution >= 0.6 is 0 Å². The first-order valence-electron chi connectivity index (χ1n) is 10.2. The molecule has 0 saturated carbocycles. The number of nitro benzene ring substituents is 1. The maximum atomic E-state index is 13.2. The van der Waals surface area contributed by atoms with Crippen LogP contribution in [0.4, 0.5) is 11.4 Å². The third kappa shape index (κ3) is 2.99. The van der Waals surface area contributed by atoms with Crippen LogP contribution in [0.1, 0.15) is 52.7 Å². The summed E-state index contributed by atoms with van der Waals surface area (Å²) in [5, 5.41) is 14.7. The molecule has 1 aliphatic carbocycles. The van der Waals surface area contributed by atoms with Gasteiger partial charge in [0.1, 0.15) is 0 Å². The van der Waals surface area contributed by atoms with Gasteiger partial charge in [-0.2, -0.15) is 0 Å². The van der Waals surface area contributed by atoms with Crippen LogP contribution in [0, 0.1) is 16.0 Å². The van der Waals surface area contributed by atoms with Crippen molar-refractivity contribution in [2.24, 2.45) is 5.92 Å². The van der Waals surface area contributed by atoms with E-state index in [-0.39, 0.29) is 28.5 Å². The number of likely N-dealkylation sites (tertiary alicyclic amines) is 1. The van der Waals surface area contributed by atoms with Crippen LogP contribution in [-0.2, 0) is 0 Å². The van der Waals surface area contributed by atoms with Crippen molar-refractivity contribution in [1.29, 1.82) is 0 Å². The zero-order valence-electron chi connectivity index (χ0n) is 16.1. The Bertz CT molecular complexity index is 993. The van der Waals surface area contributed by atoms with Gasteiger partial charge in [0.05, 0.1) is 22.2 Å². The molecule has 5 rings (SSSR count). The number of carbonyl (C=O) groups is 1. The maximum Gasteiger partial charge on any atom is 0.269 e. The molecule has 1 saturated heterocycles. The van der Waals surface area contributed by atoms with E-state index in [0.29, 0.717) is 5.92 Å². The summed E-state index contributed by atoms with van der Waals surface area (Å²) < 4.78 is 0. The Morgan fingerprint density at radius 2 is 1.86 bits per heavy atom. The highest BCUT2D eigenvalue weighted by Gasteiger charge is 2.39. The molecule has 29 heavy (non-hydrogen) atoms. The molecule has 2 aliphatic heterocycles. The molecule has 1 amide bonds. The molecular weight excluding hydrogens is 366 g/mol. The Morgan fingerprint density at radius 3 is 2.59 bits per heavy atom. The highest BCUT2D eigenvalue weighted by atomic mass is 16.6. The molecule has 148 valence electrons. The highest BCUT2D eigenvalue weighted by Crippen LogP contribution is 2.50. The number of amides is 1. The van der Waals surface area contributed by atoms with Crippen LogP contribution in [0.2, 0.25) is 0 Å². The average Bonchev–Trinajstić information content (AvgIpc) is 3.44. The third-order valence-corrected chi connectivity index (χ3v) is 6.48. The van der Waals surface area contributed by atoms with Crippen LogP contribution in [0.3, 0.4) is 0 Å². The molecule has 3 unspecified atom stereocenters. The molecule has 0 radical (unpaired) electrons. The lowest BCUT2D eigenvalue weighted by molar-refractivity contribution is -0.384. The second-order valence-electron chi connectivity index (χ2n) is 8.09. The second kappa shape index (κ2) is 7.03. The van der Waals surface area contributed by atoms with E-state index in [1.807, 2.05) is 29.2 Å². The van der Waals surface area contributed by atoms with Crippen molar-refractivity contribution in [3.05, 3.63) is 81.4 Å². The number of non-ortho nitro benzene ring substituents is 1. The molecule has 1 N–H and O–H groups in total. The second-order valence-corrected chi connectivity index (χ2v) is 8.09. The number of allylic oxidation sites excluding steroid dienone is 2. The fourth-order valence-electron chi connectivity index (χ4n) is 5.02. The van der Waals surface area contributed by atoms with Crippen LogP contribution in [0.15, 0.2) is 54.6 Å². The van der Waals surface area contributed by atoms with E-state index in [2.05, 4.69) is 23.5 Å². The first-order valence-corrected chi connectivity index (χ1v) is 10.2. The zero-order valence-corrected chi connectivity index (χ0v) is 16.1. The number of carbonyl (C=O) groups excluding carboxylic acids is 1. The Balaban J connectivity index is 1.54. The summed E-state index contributed by atoms with van der Waals surface area (Å²) in [7, 11) is 0. The van der Waals surface area contributed by atoms with Crippen LogP contribution in [0.5, 0.6) is 0 Å². The van der Waals surface area contributed by atoms with Crippen molar-refractivity contribution >= 4 is 17.3 Å². The minimum Gasteiger partial charge on any atom is -0.377 e. The van der Waals surface area contributed by atoms with Gasteiger partial charge in [-0.25, -0.2) is 0 Å². The van der Waals surface area contributed by atoms with Crippen molar-refractivity contribution in [1.82, 2.24) is 4.90 Å². The number of rotatable bonds is 3. The summed E-state index contributed by atoms with van der Waals surface area (Å²) in [4.78, 5) is 25.7. The smallest absolute Gasteiger partial charge is 0.269 e. The first-order chi connectivity index (χ1) is 14.1. The summed E-state index contributed by atoms with van der Waals surface area (Å²) in [6, 6.07) is 12.8. The molecule has 2 aromatic carbocycles. The maximum absolute atomic E-state index is 13.2. The van der Waals surface area contributed by atoms with E-state index >= 15 is 0 Å². The Morgan fingerprint density at radius 1 is 1.10 bits per heavy atom. The number of hydrogen-bond acceptors (Lipinski definition) is 4. The topological polar surface area (TPSA) is 75.5 Å². The summed E-state index contributed by atoms with van der Waals surface area (Å²) in [5.41, 5.74) is 3.93. The lowest BCUT2D eigenvalue weighted by Gasteiger charge is -2.38. The number of para-hydroxylation sites is 1. The third-order valence-electron chi connectivity index (χ3n) is 6.48. The van der Waals surface area contributed by atoms with Crippen molar-refractivity contribution in [3.8, 4) is 0 Å². The number of anilines is 1. The predicted octanol–water partition coefficient (Wildman–Crippen LogP) is 4.66. The fraction of sp³-hybridized carbons (Fsp3) is 0.348. The summed E-state index contributed by atoms with van der Waals surface area (Å²) in [6.07, 6.45) is 7.52. The number of nitro groups is 1. The van der Waals surface area contributed by atoms with Gasteiger partial charge in [0.2, 0.25) is 0 Å². The quantitative estimate of drug-likeness (QED) is 0.471. The SMILES string of the molecule is O=C(c1cccc2c1NC(c1ccc([N+](=O)[O-])cc1)C1CC=CC21)N1CCCC1. The molecule has 2 aromatic rings. The number of fused-ring (bicyclic) bond motifs is 3. The highest BCUT2D eigenvalue weighted by molar-refractivity contribution is 6.01. The van der Waals surface area contributed by atoms with Gasteiger partial charge in [0, 0.05) is 31.1 Å². The van der Waals surface area contributed by atoms with Gasteiger partial charge < -0.3 is 10.2 Å². The molecule has 3 atom stereocenters. The lowest BCUT2D eigenvalue weighted by Crippen LogP contribution is -2.33. The Kier molecular flexibility index (Phi) is 4.34. The molecule has 6 nitrogen and oxygen atoms in total. The molecular formula is C23H23N3O3. The van der Waals surface area contributed by atoms with Gasteiger partial charge in [-0.3, -0.25) is 14.9 Å². The van der Waals surface area contributed by atoms with E-state index < -0.39 is 0 Å². The van der Waals surface area contributed by atoms with Crippen molar-refractivity contribution in [2.45, 2.75) is 31.2 Å². The fourth-order valence-corrected chi connectivity index (χ4v) is 5.02. The number of nitrogens with one attached hydrogen (secondary N) is 1. The summed E-state index contributed by atoms with van der Waals surface area (Å²) in [6.45, 7) is 1.64. The van der Waals surface area contributed by atoms with E-state index in [9.17, 15) is 14.9 Å². The van der Waals surface area contributed by atoms with Crippen molar-refractivity contribution in [2.75, 3.05) is 18.4 Å². The van der Waals surface area contributed by atoms with Crippen molar-refractivity contribution < 1.29 is 9.72 Å². The molecule has 0 bridgehead atoms. The van der Waals surface area contributed by atoms with Crippen LogP contribution in [0.25, 0.3) is 0 Å². The van der Waals surface area contributed by atoms with Crippen LogP contribution < -0.4 is 5.32 Å². The number of hydrogen-bond donors (Lipinski definition) is 1. The van der Waals surface area contributed by atoms with E-state index in [1.165, 1.54) is 5.56 Å². The zero-order chi connectivity index (χ0) is 20.0. The standard InChI is InChI=1S/C23H23N3O3/c27-23(25-13-1-2-14-25)20-8-4-7-19-17-5-3-6-18(17)21(24-22(19)20)15-9-11-16(12-10-15)26(28)29/h3-5,7-12,17-18,21,24H,1-2,6,13-14H2. The molecule has 6 heteroatoms. The first kappa shape index (κ1) is 17.9. The Hall–Kier alpha value is -3.15. The van der Waals surface area contributed by atoms with Gasteiger partial charge in [-0.05, 0) is 42.4 Å². The summed E-state index contributed by atoms with van der Waals surface area (Å²) in [5.74, 6) is 0.675. The minimum absolute atomic E-state index is 0.0100. The molecule has 3 aliphatic rings. The monoisotopic (exact) mass is 389 g/mol. The normalized spacial score (nSPS) is 24.7. The van der Waals surface area contributed by atoms with Crippen LogP contribution in [-0.4, -0.2) is 28.8 Å². The Labute approximate surface area is 169 Å². The number of nitrogens with zero attached hydrogens (tertiary/aromatic N) is 2.